The Morgan fingerprint density at radius 1 is 1.09 bits per heavy atom. The van der Waals surface area contributed by atoms with Gasteiger partial charge in [0.15, 0.2) is 0 Å². The second kappa shape index (κ2) is 9.99. The first-order valence-corrected chi connectivity index (χ1v) is 12.2. The van der Waals surface area contributed by atoms with Crippen molar-refractivity contribution in [2.24, 2.45) is 0 Å². The van der Waals surface area contributed by atoms with Crippen LogP contribution in [0.25, 0.3) is 10.9 Å². The van der Waals surface area contributed by atoms with E-state index in [0.29, 0.717) is 12.4 Å². The van der Waals surface area contributed by atoms with Gasteiger partial charge in [-0.15, -0.1) is 11.8 Å². The molecule has 3 aromatic rings. The number of thioether (sulfide) groups is 1. The number of ether oxygens (including phenoxy) is 2. The van der Waals surface area contributed by atoms with Gasteiger partial charge in [-0.1, -0.05) is 12.1 Å². The van der Waals surface area contributed by atoms with Crippen LogP contribution in [0.2, 0.25) is 0 Å². The van der Waals surface area contributed by atoms with Crippen LogP contribution in [-0.2, 0) is 11.3 Å². The van der Waals surface area contributed by atoms with E-state index in [1.54, 1.807) is 25.1 Å². The fraction of sp³-hybridized carbons (Fsp3) is 0.360. The third kappa shape index (κ3) is 5.24. The number of carbonyl (C=O) groups excluding carboxylic acids is 1. The van der Waals surface area contributed by atoms with Crippen LogP contribution in [0.15, 0.2) is 53.6 Å². The van der Waals surface area contributed by atoms with Crippen molar-refractivity contribution < 1.29 is 14.3 Å². The van der Waals surface area contributed by atoms with Crippen molar-refractivity contribution in [1.29, 1.82) is 0 Å². The van der Waals surface area contributed by atoms with Gasteiger partial charge in [0.2, 0.25) is 5.91 Å². The number of amides is 1. The Kier molecular flexibility index (Phi) is 6.66. The number of methoxy groups -OCH3 is 1. The van der Waals surface area contributed by atoms with Gasteiger partial charge >= 0.3 is 0 Å². The molecule has 1 N–H and O–H groups in total. The molecule has 0 radical (unpaired) electrons. The van der Waals surface area contributed by atoms with Crippen molar-refractivity contribution in [3.8, 4) is 11.5 Å². The number of piperazine rings is 1. The minimum atomic E-state index is 0.0828. The van der Waals surface area contributed by atoms with Gasteiger partial charge < -0.3 is 14.8 Å². The highest BCUT2D eigenvalue weighted by molar-refractivity contribution is 8.00. The molecule has 0 bridgehead atoms. The van der Waals surface area contributed by atoms with Crippen molar-refractivity contribution in [3.63, 3.8) is 0 Å². The predicted octanol–water partition coefficient (Wildman–Crippen LogP) is 3.48. The highest BCUT2D eigenvalue weighted by Crippen LogP contribution is 2.32. The van der Waals surface area contributed by atoms with Gasteiger partial charge in [0.25, 0.3) is 0 Å². The molecule has 1 fully saturated rings. The molecule has 1 saturated heterocycles. The Hall–Kier alpha value is -2.81. The van der Waals surface area contributed by atoms with Crippen molar-refractivity contribution >= 4 is 34.3 Å². The first-order valence-electron chi connectivity index (χ1n) is 11.2. The van der Waals surface area contributed by atoms with E-state index in [-0.39, 0.29) is 5.91 Å². The Balaban J connectivity index is 1.10. The zero-order valence-electron chi connectivity index (χ0n) is 18.8. The summed E-state index contributed by atoms with van der Waals surface area (Å²) >= 11 is 1.61. The third-order valence-electron chi connectivity index (χ3n) is 6.11. The van der Waals surface area contributed by atoms with Crippen LogP contribution in [0, 0.1) is 0 Å². The van der Waals surface area contributed by atoms with Gasteiger partial charge in [0.1, 0.15) is 18.1 Å². The Morgan fingerprint density at radius 3 is 2.79 bits per heavy atom. The molecule has 0 spiro atoms. The Labute approximate surface area is 198 Å². The maximum atomic E-state index is 11.7. The summed E-state index contributed by atoms with van der Waals surface area (Å²) < 4.78 is 11.4. The number of pyridine rings is 1. The number of nitrogens with zero attached hydrogens (tertiary/aromatic N) is 3. The minimum absolute atomic E-state index is 0.0828. The molecule has 0 unspecified atom stereocenters. The van der Waals surface area contributed by atoms with E-state index in [9.17, 15) is 4.79 Å². The summed E-state index contributed by atoms with van der Waals surface area (Å²) in [5.41, 5.74) is 3.10. The van der Waals surface area contributed by atoms with Crippen LogP contribution in [0.5, 0.6) is 11.5 Å². The number of anilines is 1. The van der Waals surface area contributed by atoms with Gasteiger partial charge in [-0.3, -0.25) is 19.6 Å². The van der Waals surface area contributed by atoms with Crippen molar-refractivity contribution in [2.45, 2.75) is 11.4 Å². The normalized spacial score (nSPS) is 16.9. The molecule has 172 valence electrons. The summed E-state index contributed by atoms with van der Waals surface area (Å²) in [6.07, 6.45) is 1.73. The molecule has 5 rings (SSSR count). The number of hydrogen-bond donors (Lipinski definition) is 1. The van der Waals surface area contributed by atoms with Gasteiger partial charge in [-0.2, -0.15) is 0 Å². The predicted molar refractivity (Wildman–Crippen MR) is 131 cm³/mol. The molecular weight excluding hydrogens is 436 g/mol. The molecule has 3 heterocycles. The van der Waals surface area contributed by atoms with Crippen LogP contribution in [0.3, 0.4) is 0 Å². The highest BCUT2D eigenvalue weighted by atomic mass is 32.2. The van der Waals surface area contributed by atoms with Crippen LogP contribution in [-0.4, -0.2) is 72.9 Å². The van der Waals surface area contributed by atoms with E-state index in [1.165, 1.54) is 5.56 Å². The summed E-state index contributed by atoms with van der Waals surface area (Å²) in [7, 11) is 1.65. The van der Waals surface area contributed by atoms with E-state index in [4.69, 9.17) is 9.47 Å². The van der Waals surface area contributed by atoms with E-state index >= 15 is 0 Å². The largest absolute Gasteiger partial charge is 0.495 e. The number of rotatable bonds is 7. The molecule has 2 aliphatic heterocycles. The van der Waals surface area contributed by atoms with Gasteiger partial charge in [0, 0.05) is 49.6 Å². The first kappa shape index (κ1) is 22.0. The molecule has 2 aromatic carbocycles. The molecule has 0 aliphatic carbocycles. The molecule has 33 heavy (non-hydrogen) atoms. The molecule has 7 nitrogen and oxygen atoms in total. The van der Waals surface area contributed by atoms with Gasteiger partial charge in [-0.25, -0.2) is 0 Å². The molecule has 8 heteroatoms. The minimum Gasteiger partial charge on any atom is -0.495 e. The molecule has 2 aliphatic rings. The molecular formula is C25H28N4O3S. The van der Waals surface area contributed by atoms with E-state index in [2.05, 4.69) is 38.3 Å². The quantitative estimate of drug-likeness (QED) is 0.574. The van der Waals surface area contributed by atoms with Crippen LogP contribution >= 0.6 is 11.8 Å². The third-order valence-corrected chi connectivity index (χ3v) is 7.18. The second-order valence-electron chi connectivity index (χ2n) is 8.33. The highest BCUT2D eigenvalue weighted by Gasteiger charge is 2.19. The van der Waals surface area contributed by atoms with Gasteiger partial charge in [-0.05, 0) is 35.9 Å². The fourth-order valence-electron chi connectivity index (χ4n) is 4.28. The number of benzene rings is 2. The second-order valence-corrected chi connectivity index (χ2v) is 9.35. The number of fused-ring (bicyclic) bond motifs is 2. The number of carbonyl (C=O) groups is 1. The summed E-state index contributed by atoms with van der Waals surface area (Å²) in [6, 6.07) is 14.3. The Bertz CT molecular complexity index is 1150. The maximum Gasteiger partial charge on any atom is 0.234 e. The summed E-state index contributed by atoms with van der Waals surface area (Å²) in [4.78, 5) is 22.2. The number of aromatic nitrogens is 1. The lowest BCUT2D eigenvalue weighted by molar-refractivity contribution is -0.113. The average molecular weight is 465 g/mol. The molecule has 0 atom stereocenters. The smallest absolute Gasteiger partial charge is 0.234 e. The molecule has 0 saturated carbocycles. The maximum absolute atomic E-state index is 11.7. The van der Waals surface area contributed by atoms with Crippen LogP contribution < -0.4 is 14.8 Å². The zero-order valence-corrected chi connectivity index (χ0v) is 19.6. The van der Waals surface area contributed by atoms with E-state index in [0.717, 1.165) is 72.3 Å². The lowest BCUT2D eigenvalue weighted by atomic mass is 10.1. The van der Waals surface area contributed by atoms with Crippen molar-refractivity contribution in [2.75, 3.05) is 57.5 Å². The van der Waals surface area contributed by atoms with E-state index < -0.39 is 0 Å². The van der Waals surface area contributed by atoms with Gasteiger partial charge in [0.05, 0.1) is 30.3 Å². The van der Waals surface area contributed by atoms with Crippen molar-refractivity contribution in [1.82, 2.24) is 14.8 Å². The molecule has 1 aromatic heterocycles. The number of hydrogen-bond acceptors (Lipinski definition) is 7. The van der Waals surface area contributed by atoms with Crippen LogP contribution in [0.1, 0.15) is 5.56 Å². The number of nitrogens with one attached hydrogen (secondary N) is 1. The zero-order chi connectivity index (χ0) is 22.6. The lowest BCUT2D eigenvalue weighted by Crippen LogP contribution is -2.47. The summed E-state index contributed by atoms with van der Waals surface area (Å²) in [6.45, 7) is 6.52. The topological polar surface area (TPSA) is 66.9 Å². The SMILES string of the molecule is COc1cnc2cccc(OCCN3CCN(Cc4ccc5c(c4)NC(=O)CS5)CC3)c2c1. The van der Waals surface area contributed by atoms with Crippen LogP contribution in [0.4, 0.5) is 5.69 Å². The van der Waals surface area contributed by atoms with E-state index in [1.807, 2.05) is 24.3 Å². The first-order chi connectivity index (χ1) is 16.2. The summed E-state index contributed by atoms with van der Waals surface area (Å²) in [5, 5.41) is 3.96. The standard InChI is InChI=1S/C25H28N4O3S/c1-31-19-14-20-21(26-15-19)3-2-4-23(20)32-12-11-28-7-9-29(10-8-28)16-18-5-6-24-22(13-18)27-25(30)17-33-24/h2-6,13-15H,7-12,16-17H2,1H3,(H,27,30). The molecule has 1 amide bonds. The monoisotopic (exact) mass is 464 g/mol. The Morgan fingerprint density at radius 2 is 1.94 bits per heavy atom. The van der Waals surface area contributed by atoms with Crippen molar-refractivity contribution in [3.05, 3.63) is 54.2 Å². The lowest BCUT2D eigenvalue weighted by Gasteiger charge is -2.34. The fourth-order valence-corrected chi connectivity index (χ4v) is 5.07. The summed E-state index contributed by atoms with van der Waals surface area (Å²) in [5.74, 6) is 2.16. The average Bonchev–Trinajstić information content (AvgIpc) is 2.84.